The molecule has 1 fully saturated rings. The van der Waals surface area contributed by atoms with Crippen molar-refractivity contribution in [1.29, 1.82) is 0 Å². The van der Waals surface area contributed by atoms with Gasteiger partial charge in [0.05, 0.1) is 17.4 Å². The summed E-state index contributed by atoms with van der Waals surface area (Å²) in [4.78, 5) is 11.1. The number of rotatable bonds is 7. The standard InChI is InChI=1S/C24H34FN3O.C5H12O/c1-17(2)29-14-6-7-20-18(3)26-16-21(19-8-9-22(25)27-15-19)23(20)28-12-10-24(4,5)11-13-28;1-5(2,3)6-4/h8-9,15-17H,6-7,10-14H2,1-5H3;1-4H3. The molecule has 0 bridgehead atoms. The second-order valence-electron chi connectivity index (χ2n) is 11.4. The smallest absolute Gasteiger partial charge is 0.212 e. The summed E-state index contributed by atoms with van der Waals surface area (Å²) in [5.74, 6) is -0.457. The molecule has 1 aliphatic heterocycles. The Balaban J connectivity index is 0.000000641. The van der Waals surface area contributed by atoms with Crippen molar-refractivity contribution in [3.8, 4) is 11.1 Å². The lowest BCUT2D eigenvalue weighted by molar-refractivity contribution is 0.0397. The van der Waals surface area contributed by atoms with Gasteiger partial charge in [-0.05, 0) is 90.3 Å². The number of halogens is 1. The first-order valence-corrected chi connectivity index (χ1v) is 12.8. The topological polar surface area (TPSA) is 47.5 Å². The summed E-state index contributed by atoms with van der Waals surface area (Å²) in [5.41, 5.74) is 5.96. The molecule has 0 amide bonds. The van der Waals surface area contributed by atoms with Crippen LogP contribution in [0.1, 0.15) is 79.0 Å². The highest BCUT2D eigenvalue weighted by Gasteiger charge is 2.28. The number of pyridine rings is 2. The van der Waals surface area contributed by atoms with Gasteiger partial charge in [-0.1, -0.05) is 13.8 Å². The van der Waals surface area contributed by atoms with E-state index in [9.17, 15) is 4.39 Å². The van der Waals surface area contributed by atoms with Crippen LogP contribution in [0.15, 0.2) is 24.5 Å². The molecular formula is C29H46FN3O2. The first-order valence-electron chi connectivity index (χ1n) is 12.8. The molecule has 2 aromatic rings. The minimum Gasteiger partial charge on any atom is -0.379 e. The molecule has 0 unspecified atom stereocenters. The maximum atomic E-state index is 13.4. The number of anilines is 1. The zero-order valence-corrected chi connectivity index (χ0v) is 23.4. The Bertz CT molecular complexity index is 911. The predicted molar refractivity (Wildman–Crippen MR) is 144 cm³/mol. The summed E-state index contributed by atoms with van der Waals surface area (Å²) >= 11 is 0. The van der Waals surface area contributed by atoms with E-state index in [2.05, 4.69) is 49.5 Å². The van der Waals surface area contributed by atoms with Crippen molar-refractivity contribution in [3.63, 3.8) is 0 Å². The summed E-state index contributed by atoms with van der Waals surface area (Å²) in [6.45, 7) is 19.8. The van der Waals surface area contributed by atoms with Gasteiger partial charge in [0, 0.05) is 56.0 Å². The van der Waals surface area contributed by atoms with E-state index in [1.54, 1.807) is 19.4 Å². The van der Waals surface area contributed by atoms with Crippen LogP contribution < -0.4 is 4.90 Å². The van der Waals surface area contributed by atoms with Crippen LogP contribution in [-0.4, -0.2) is 48.5 Å². The second kappa shape index (κ2) is 12.8. The van der Waals surface area contributed by atoms with Crippen LogP contribution in [0.25, 0.3) is 11.1 Å². The van der Waals surface area contributed by atoms with E-state index in [1.165, 1.54) is 17.3 Å². The van der Waals surface area contributed by atoms with Crippen molar-refractivity contribution in [3.05, 3.63) is 41.7 Å². The number of ether oxygens (including phenoxy) is 2. The van der Waals surface area contributed by atoms with Gasteiger partial charge in [-0.2, -0.15) is 4.39 Å². The fourth-order valence-corrected chi connectivity index (χ4v) is 3.94. The molecule has 3 rings (SSSR count). The van der Waals surface area contributed by atoms with E-state index in [0.717, 1.165) is 62.2 Å². The molecule has 1 aliphatic rings. The van der Waals surface area contributed by atoms with E-state index < -0.39 is 5.95 Å². The Morgan fingerprint density at radius 1 is 1.09 bits per heavy atom. The molecule has 0 aliphatic carbocycles. The van der Waals surface area contributed by atoms with E-state index in [0.29, 0.717) is 5.41 Å². The Morgan fingerprint density at radius 3 is 2.23 bits per heavy atom. The largest absolute Gasteiger partial charge is 0.379 e. The highest BCUT2D eigenvalue weighted by molar-refractivity contribution is 5.80. The average Bonchev–Trinajstić information content (AvgIpc) is 2.78. The SMILES string of the molecule is COC(C)(C)C.Cc1ncc(-c2ccc(F)nc2)c(N2CCC(C)(C)CC2)c1CCCOC(C)C. The second-order valence-corrected chi connectivity index (χ2v) is 11.4. The maximum Gasteiger partial charge on any atom is 0.212 e. The van der Waals surface area contributed by atoms with E-state index >= 15 is 0 Å². The van der Waals surface area contributed by atoms with Gasteiger partial charge in [0.2, 0.25) is 5.95 Å². The molecule has 35 heavy (non-hydrogen) atoms. The summed E-state index contributed by atoms with van der Waals surface area (Å²) in [7, 11) is 1.71. The zero-order chi connectivity index (χ0) is 26.2. The van der Waals surface area contributed by atoms with Crippen LogP contribution >= 0.6 is 0 Å². The molecule has 196 valence electrons. The number of hydrogen-bond acceptors (Lipinski definition) is 5. The van der Waals surface area contributed by atoms with Crippen LogP contribution in [-0.2, 0) is 15.9 Å². The van der Waals surface area contributed by atoms with Crippen molar-refractivity contribution in [1.82, 2.24) is 9.97 Å². The average molecular weight is 488 g/mol. The zero-order valence-electron chi connectivity index (χ0n) is 23.4. The Hall–Kier alpha value is -2.05. The third-order valence-corrected chi connectivity index (χ3v) is 6.47. The maximum absolute atomic E-state index is 13.4. The van der Waals surface area contributed by atoms with Crippen LogP contribution in [0.4, 0.5) is 10.1 Å². The predicted octanol–water partition coefficient (Wildman–Crippen LogP) is 7.01. The number of nitrogens with zero attached hydrogens (tertiary/aromatic N) is 3. The lowest BCUT2D eigenvalue weighted by Crippen LogP contribution is -2.38. The van der Waals surface area contributed by atoms with Gasteiger partial charge < -0.3 is 14.4 Å². The molecule has 0 N–H and O–H groups in total. The summed E-state index contributed by atoms with van der Waals surface area (Å²) in [5, 5.41) is 0. The third-order valence-electron chi connectivity index (χ3n) is 6.47. The minimum atomic E-state index is -0.457. The fraction of sp³-hybridized carbons (Fsp3) is 0.655. The summed E-state index contributed by atoms with van der Waals surface area (Å²) in [6.07, 6.45) is 7.98. The van der Waals surface area contributed by atoms with Gasteiger partial charge in [-0.15, -0.1) is 0 Å². The first-order chi connectivity index (χ1) is 16.3. The molecule has 3 heterocycles. The van der Waals surface area contributed by atoms with Crippen molar-refractivity contribution in [2.24, 2.45) is 5.41 Å². The van der Waals surface area contributed by atoms with E-state index in [1.807, 2.05) is 27.0 Å². The van der Waals surface area contributed by atoms with E-state index in [-0.39, 0.29) is 11.7 Å². The molecular weight excluding hydrogens is 441 g/mol. The minimum absolute atomic E-state index is 0.0417. The molecule has 0 spiro atoms. The molecule has 0 aromatic carbocycles. The molecule has 0 radical (unpaired) electrons. The molecule has 5 nitrogen and oxygen atoms in total. The lowest BCUT2D eigenvalue weighted by Gasteiger charge is -2.40. The Labute approximate surface area is 212 Å². The van der Waals surface area contributed by atoms with Crippen molar-refractivity contribution in [2.75, 3.05) is 31.7 Å². The van der Waals surface area contributed by atoms with Crippen molar-refractivity contribution < 1.29 is 13.9 Å². The number of piperidine rings is 1. The van der Waals surface area contributed by atoms with Gasteiger partial charge in [0.1, 0.15) is 0 Å². The number of hydrogen-bond donors (Lipinski definition) is 0. The number of methoxy groups -OCH3 is 1. The first kappa shape index (κ1) is 29.2. The quantitative estimate of drug-likeness (QED) is 0.311. The van der Waals surface area contributed by atoms with Gasteiger partial charge in [-0.3, -0.25) is 4.98 Å². The van der Waals surface area contributed by atoms with Crippen molar-refractivity contribution >= 4 is 5.69 Å². The number of aromatic nitrogens is 2. The number of aryl methyl sites for hydroxylation is 1. The van der Waals surface area contributed by atoms with Crippen LogP contribution in [0.3, 0.4) is 0 Å². The van der Waals surface area contributed by atoms with Gasteiger partial charge in [0.15, 0.2) is 0 Å². The van der Waals surface area contributed by atoms with Gasteiger partial charge >= 0.3 is 0 Å². The van der Waals surface area contributed by atoms with Gasteiger partial charge in [-0.25, -0.2) is 4.98 Å². The monoisotopic (exact) mass is 487 g/mol. The summed E-state index contributed by atoms with van der Waals surface area (Å²) < 4.78 is 24.1. The Morgan fingerprint density at radius 2 is 1.71 bits per heavy atom. The lowest BCUT2D eigenvalue weighted by atomic mass is 9.82. The van der Waals surface area contributed by atoms with Gasteiger partial charge in [0.25, 0.3) is 0 Å². The Kier molecular flexibility index (Phi) is 10.6. The third kappa shape index (κ3) is 9.49. The van der Waals surface area contributed by atoms with E-state index in [4.69, 9.17) is 9.47 Å². The summed E-state index contributed by atoms with van der Waals surface area (Å²) in [6, 6.07) is 3.23. The molecule has 1 saturated heterocycles. The normalized spacial score (nSPS) is 15.7. The van der Waals surface area contributed by atoms with Crippen LogP contribution in [0.5, 0.6) is 0 Å². The van der Waals surface area contributed by atoms with Crippen molar-refractivity contribution in [2.45, 2.75) is 92.8 Å². The highest BCUT2D eigenvalue weighted by Crippen LogP contribution is 2.39. The van der Waals surface area contributed by atoms with Crippen LogP contribution in [0, 0.1) is 18.3 Å². The fourth-order valence-electron chi connectivity index (χ4n) is 3.94. The van der Waals surface area contributed by atoms with Crippen LogP contribution in [0.2, 0.25) is 0 Å². The molecule has 0 atom stereocenters. The highest BCUT2D eigenvalue weighted by atomic mass is 19.1. The molecule has 2 aromatic heterocycles. The molecule has 0 saturated carbocycles. The molecule has 6 heteroatoms.